The van der Waals surface area contributed by atoms with Crippen LogP contribution in [0.25, 0.3) is 0 Å². The molecule has 1 aromatic carbocycles. The van der Waals surface area contributed by atoms with Gasteiger partial charge in [-0.15, -0.1) is 24.8 Å². The van der Waals surface area contributed by atoms with Gasteiger partial charge in [-0.1, -0.05) is 12.1 Å². The number of anilines is 1. The zero-order valence-corrected chi connectivity index (χ0v) is 14.8. The lowest BCUT2D eigenvalue weighted by atomic mass is 10.00. The second kappa shape index (κ2) is 9.04. The molecule has 1 aromatic rings. The van der Waals surface area contributed by atoms with Crippen LogP contribution in [-0.2, 0) is 0 Å². The molecule has 3 N–H and O–H groups in total. The predicted molar refractivity (Wildman–Crippen MR) is 96.6 cm³/mol. The Balaban J connectivity index is 0.00000132. The first-order chi connectivity index (χ1) is 10.2. The van der Waals surface area contributed by atoms with E-state index in [1.807, 2.05) is 12.1 Å². The van der Waals surface area contributed by atoms with Gasteiger partial charge in [0.2, 0.25) is 0 Å². The molecule has 23 heavy (non-hydrogen) atoms. The first-order valence-corrected chi connectivity index (χ1v) is 7.82. The normalized spacial score (nSPS) is 24.9. The van der Waals surface area contributed by atoms with Gasteiger partial charge in [0, 0.05) is 32.2 Å². The fourth-order valence-electron chi connectivity index (χ4n) is 3.25. The van der Waals surface area contributed by atoms with Gasteiger partial charge >= 0.3 is 0 Å². The molecule has 1 unspecified atom stereocenters. The Hall–Kier alpha value is -0.590. The Kier molecular flexibility index (Phi) is 8.04. The summed E-state index contributed by atoms with van der Waals surface area (Å²) in [6.07, 6.45) is 2.78. The van der Waals surface area contributed by atoms with Crippen LogP contribution < -0.4 is 15.5 Å². The number of nitrogens with one attached hydrogen (secondary N) is 2. The number of nitrogens with zero attached hydrogens (tertiary/aromatic N) is 1. The molecule has 3 rings (SSSR count). The summed E-state index contributed by atoms with van der Waals surface area (Å²) < 4.78 is 13.8. The monoisotopic (exact) mass is 365 g/mol. The number of para-hydroxylation sites is 1. The van der Waals surface area contributed by atoms with Crippen LogP contribution in [0.3, 0.4) is 0 Å². The number of benzene rings is 1. The maximum Gasteiger partial charge on any atom is 0.146 e. The summed E-state index contributed by atoms with van der Waals surface area (Å²) in [6.45, 7) is 3.92. The van der Waals surface area contributed by atoms with Crippen LogP contribution in [0, 0.1) is 5.82 Å². The second-order valence-electron chi connectivity index (χ2n) is 6.24. The number of β-amino-alcohol motifs (C(OH)–C–C–N with tert-alkyl or cyclic N) is 1. The van der Waals surface area contributed by atoms with Crippen molar-refractivity contribution in [3.05, 3.63) is 30.1 Å². The van der Waals surface area contributed by atoms with Crippen molar-refractivity contribution >= 4 is 30.5 Å². The van der Waals surface area contributed by atoms with Crippen molar-refractivity contribution in [3.8, 4) is 0 Å². The molecule has 132 valence electrons. The minimum absolute atomic E-state index is 0. The first-order valence-electron chi connectivity index (χ1n) is 7.82. The van der Waals surface area contributed by atoms with E-state index in [-0.39, 0.29) is 30.6 Å². The Morgan fingerprint density at radius 3 is 2.57 bits per heavy atom. The Bertz CT molecular complexity index is 478. The number of hydrogen-bond acceptors (Lipinski definition) is 4. The lowest BCUT2D eigenvalue weighted by molar-refractivity contribution is 0.0571. The molecule has 0 aromatic heterocycles. The summed E-state index contributed by atoms with van der Waals surface area (Å²) >= 11 is 0. The van der Waals surface area contributed by atoms with Crippen LogP contribution in [0.4, 0.5) is 10.1 Å². The third-order valence-corrected chi connectivity index (χ3v) is 4.63. The third-order valence-electron chi connectivity index (χ3n) is 4.63. The summed E-state index contributed by atoms with van der Waals surface area (Å²) in [5.74, 6) is -0.143. The molecule has 0 aliphatic carbocycles. The van der Waals surface area contributed by atoms with Gasteiger partial charge in [-0.05, 0) is 37.9 Å². The van der Waals surface area contributed by atoms with E-state index in [0.717, 1.165) is 38.9 Å². The van der Waals surface area contributed by atoms with Crippen molar-refractivity contribution in [1.29, 1.82) is 0 Å². The quantitative estimate of drug-likeness (QED) is 0.763. The Morgan fingerprint density at radius 2 is 1.96 bits per heavy atom. The third kappa shape index (κ3) is 5.19. The minimum Gasteiger partial charge on any atom is -0.387 e. The number of aliphatic hydroxyl groups is 1. The second-order valence-corrected chi connectivity index (χ2v) is 6.24. The van der Waals surface area contributed by atoms with Crippen molar-refractivity contribution in [2.75, 3.05) is 37.6 Å². The van der Waals surface area contributed by atoms with E-state index in [9.17, 15) is 9.50 Å². The summed E-state index contributed by atoms with van der Waals surface area (Å²) in [4.78, 5) is 2.11. The molecule has 2 aliphatic rings. The molecule has 7 heteroatoms. The molecule has 0 spiro atoms. The molecule has 1 atom stereocenters. The molecule has 2 aliphatic heterocycles. The number of piperidine rings is 1. The van der Waals surface area contributed by atoms with Crippen LogP contribution in [-0.4, -0.2) is 49.5 Å². The van der Waals surface area contributed by atoms with Crippen molar-refractivity contribution in [2.24, 2.45) is 0 Å². The van der Waals surface area contributed by atoms with E-state index in [0.29, 0.717) is 24.8 Å². The first kappa shape index (κ1) is 20.5. The maximum atomic E-state index is 13.8. The highest BCUT2D eigenvalue weighted by Crippen LogP contribution is 2.23. The molecule has 0 amide bonds. The summed E-state index contributed by atoms with van der Waals surface area (Å²) in [5.41, 5.74) is 0.109. The predicted octanol–water partition coefficient (Wildman–Crippen LogP) is 1.95. The number of halogens is 3. The van der Waals surface area contributed by atoms with Gasteiger partial charge in [-0.25, -0.2) is 4.39 Å². The molecule has 0 saturated carbocycles. The van der Waals surface area contributed by atoms with E-state index in [1.54, 1.807) is 6.07 Å². The molecule has 0 bridgehead atoms. The fourth-order valence-corrected chi connectivity index (χ4v) is 3.25. The van der Waals surface area contributed by atoms with Gasteiger partial charge in [0.05, 0.1) is 11.3 Å². The zero-order valence-electron chi connectivity index (χ0n) is 13.1. The average molecular weight is 366 g/mol. The summed E-state index contributed by atoms with van der Waals surface area (Å²) in [7, 11) is 0. The lowest BCUT2D eigenvalue weighted by Crippen LogP contribution is -2.49. The van der Waals surface area contributed by atoms with Crippen LogP contribution in [0.1, 0.15) is 19.3 Å². The smallest absolute Gasteiger partial charge is 0.146 e. The molecule has 4 nitrogen and oxygen atoms in total. The minimum atomic E-state index is -0.595. The number of hydrogen-bond donors (Lipinski definition) is 3. The topological polar surface area (TPSA) is 47.5 Å². The SMILES string of the molecule is Cl.Cl.OC1(CNC2CCN(c3ccccc3F)CC2)CCNC1. The van der Waals surface area contributed by atoms with Crippen molar-refractivity contribution in [2.45, 2.75) is 30.9 Å². The molecular weight excluding hydrogens is 340 g/mol. The van der Waals surface area contributed by atoms with Crippen LogP contribution in [0.15, 0.2) is 24.3 Å². The summed E-state index contributed by atoms with van der Waals surface area (Å²) in [6, 6.07) is 7.38. The van der Waals surface area contributed by atoms with Crippen LogP contribution >= 0.6 is 24.8 Å². The van der Waals surface area contributed by atoms with E-state index >= 15 is 0 Å². The van der Waals surface area contributed by atoms with Gasteiger partial charge in [-0.3, -0.25) is 0 Å². The highest BCUT2D eigenvalue weighted by atomic mass is 35.5. The lowest BCUT2D eigenvalue weighted by Gasteiger charge is -2.35. The summed E-state index contributed by atoms with van der Waals surface area (Å²) in [5, 5.41) is 17.0. The molecule has 0 radical (unpaired) electrons. The van der Waals surface area contributed by atoms with Gasteiger partial charge in [0.15, 0.2) is 0 Å². The maximum absolute atomic E-state index is 13.8. The van der Waals surface area contributed by atoms with Crippen molar-refractivity contribution < 1.29 is 9.50 Å². The molecule has 2 fully saturated rings. The van der Waals surface area contributed by atoms with E-state index in [4.69, 9.17) is 0 Å². The highest BCUT2D eigenvalue weighted by Gasteiger charge is 2.32. The van der Waals surface area contributed by atoms with Crippen molar-refractivity contribution in [1.82, 2.24) is 10.6 Å². The average Bonchev–Trinajstić information content (AvgIpc) is 2.94. The van der Waals surface area contributed by atoms with Gasteiger partial charge in [-0.2, -0.15) is 0 Å². The van der Waals surface area contributed by atoms with Gasteiger partial charge in [0.1, 0.15) is 5.82 Å². The largest absolute Gasteiger partial charge is 0.387 e. The van der Waals surface area contributed by atoms with Gasteiger partial charge < -0.3 is 20.6 Å². The fraction of sp³-hybridized carbons (Fsp3) is 0.625. The molecule has 2 saturated heterocycles. The molecule has 2 heterocycles. The highest BCUT2D eigenvalue weighted by molar-refractivity contribution is 5.85. The number of rotatable bonds is 4. The van der Waals surface area contributed by atoms with E-state index in [2.05, 4.69) is 15.5 Å². The van der Waals surface area contributed by atoms with E-state index in [1.165, 1.54) is 6.07 Å². The Morgan fingerprint density at radius 1 is 1.26 bits per heavy atom. The Labute approximate surface area is 149 Å². The van der Waals surface area contributed by atoms with Crippen molar-refractivity contribution in [3.63, 3.8) is 0 Å². The van der Waals surface area contributed by atoms with Gasteiger partial charge in [0.25, 0.3) is 0 Å². The van der Waals surface area contributed by atoms with E-state index < -0.39 is 5.60 Å². The van der Waals surface area contributed by atoms with Crippen LogP contribution in [0.2, 0.25) is 0 Å². The standard InChI is InChI=1S/C16H24FN3O.2ClH/c17-14-3-1-2-4-15(14)20-9-5-13(6-10-20)19-12-16(21)7-8-18-11-16;;/h1-4,13,18-19,21H,5-12H2;2*1H. The van der Waals surface area contributed by atoms with Crippen LogP contribution in [0.5, 0.6) is 0 Å². The zero-order chi connectivity index (χ0) is 14.7. The molecular formula is C16H26Cl2FN3O.